The van der Waals surface area contributed by atoms with Gasteiger partial charge in [-0.2, -0.15) is 0 Å². The van der Waals surface area contributed by atoms with Gasteiger partial charge in [-0.1, -0.05) is 96.8 Å². The summed E-state index contributed by atoms with van der Waals surface area (Å²) in [7, 11) is -4.70. The molecule has 0 aromatic heterocycles. The minimum absolute atomic E-state index is 0. The molecule has 1 amide bonds. The van der Waals surface area contributed by atoms with Gasteiger partial charge in [-0.25, -0.2) is 12.8 Å². The summed E-state index contributed by atoms with van der Waals surface area (Å²) in [5.74, 6) is -0.877. The Labute approximate surface area is 194 Å². The first kappa shape index (κ1) is 30.5. The number of carbonyl (C=O) groups is 1. The number of carbonyl (C=O) groups excluding carboxylic acids is 1. The Morgan fingerprint density at radius 3 is 1.61 bits per heavy atom. The van der Waals surface area contributed by atoms with E-state index in [1.54, 1.807) is 0 Å². The van der Waals surface area contributed by atoms with E-state index in [2.05, 4.69) is 12.2 Å². The van der Waals surface area contributed by atoms with E-state index in [1.165, 1.54) is 64.2 Å². The molecule has 1 atom stereocenters. The van der Waals surface area contributed by atoms with E-state index in [0.717, 1.165) is 19.3 Å². The standard InChI is InChI=1S/C20H40FNO4S.Na/c1-2-3-4-5-6-7-8-9-10-11-12-13-14-15-16-19(27(24,25)26)20(23)22-18-17-21;/h19H,2-18H2,1H3,(H,22,23)(H,24,25,26);/q;+1/p-1. The van der Waals surface area contributed by atoms with Crippen molar-refractivity contribution in [3.05, 3.63) is 0 Å². The summed E-state index contributed by atoms with van der Waals surface area (Å²) < 4.78 is 45.6. The fourth-order valence-electron chi connectivity index (χ4n) is 3.22. The third-order valence-corrected chi connectivity index (χ3v) is 6.00. The molecule has 0 radical (unpaired) electrons. The quantitative estimate of drug-likeness (QED) is 0.192. The number of nitrogens with one attached hydrogen (secondary N) is 1. The minimum atomic E-state index is -4.70. The summed E-state index contributed by atoms with van der Waals surface area (Å²) >= 11 is 0. The smallest absolute Gasteiger partial charge is 0.747 e. The molecule has 8 heteroatoms. The number of alkyl halides is 1. The van der Waals surface area contributed by atoms with Gasteiger partial charge in [-0.3, -0.25) is 4.79 Å². The van der Waals surface area contributed by atoms with Crippen LogP contribution in [-0.4, -0.2) is 37.3 Å². The largest absolute Gasteiger partial charge is 1.00 e. The van der Waals surface area contributed by atoms with Crippen molar-refractivity contribution in [2.24, 2.45) is 0 Å². The fourth-order valence-corrected chi connectivity index (χ4v) is 4.02. The molecule has 0 aromatic carbocycles. The van der Waals surface area contributed by atoms with Crippen molar-refractivity contribution in [1.82, 2.24) is 5.32 Å². The van der Waals surface area contributed by atoms with Gasteiger partial charge < -0.3 is 9.87 Å². The average Bonchev–Trinajstić information content (AvgIpc) is 2.62. The zero-order chi connectivity index (χ0) is 20.4. The van der Waals surface area contributed by atoms with E-state index in [0.29, 0.717) is 6.42 Å². The molecule has 0 aliphatic heterocycles. The van der Waals surface area contributed by atoms with Crippen molar-refractivity contribution >= 4 is 16.0 Å². The Hall–Kier alpha value is 0.310. The number of halogens is 1. The summed E-state index contributed by atoms with van der Waals surface area (Å²) in [6.45, 7) is 1.19. The van der Waals surface area contributed by atoms with E-state index in [1.807, 2.05) is 0 Å². The van der Waals surface area contributed by atoms with Crippen LogP contribution in [0.3, 0.4) is 0 Å². The van der Waals surface area contributed by atoms with Gasteiger partial charge in [0.15, 0.2) is 0 Å². The molecule has 0 spiro atoms. The van der Waals surface area contributed by atoms with E-state index in [4.69, 9.17) is 0 Å². The second-order valence-corrected chi connectivity index (χ2v) is 8.90. The van der Waals surface area contributed by atoms with Gasteiger partial charge in [0.2, 0.25) is 5.91 Å². The van der Waals surface area contributed by atoms with Gasteiger partial charge in [0.05, 0.1) is 0 Å². The van der Waals surface area contributed by atoms with Gasteiger partial charge in [-0.05, 0) is 6.42 Å². The van der Waals surface area contributed by atoms with E-state index in [-0.39, 0.29) is 42.5 Å². The maximum absolute atomic E-state index is 12.1. The second kappa shape index (κ2) is 20.6. The van der Waals surface area contributed by atoms with Crippen LogP contribution in [0.4, 0.5) is 4.39 Å². The zero-order valence-corrected chi connectivity index (χ0v) is 20.8. The van der Waals surface area contributed by atoms with Crippen molar-refractivity contribution in [3.63, 3.8) is 0 Å². The first-order chi connectivity index (χ1) is 12.9. The van der Waals surface area contributed by atoms with Gasteiger partial charge in [-0.15, -0.1) is 0 Å². The molecular weight excluding hydrogens is 392 g/mol. The Balaban J connectivity index is 0. The van der Waals surface area contributed by atoms with E-state index >= 15 is 0 Å². The van der Waals surface area contributed by atoms with Gasteiger partial charge in [0.1, 0.15) is 22.0 Å². The number of hydrogen-bond donors (Lipinski definition) is 1. The van der Waals surface area contributed by atoms with Crippen molar-refractivity contribution in [2.45, 2.75) is 108 Å². The predicted molar refractivity (Wildman–Crippen MR) is 107 cm³/mol. The maximum Gasteiger partial charge on any atom is 1.00 e. The van der Waals surface area contributed by atoms with Crippen LogP contribution in [0.2, 0.25) is 0 Å². The third kappa shape index (κ3) is 18.3. The van der Waals surface area contributed by atoms with Crippen molar-refractivity contribution in [1.29, 1.82) is 0 Å². The monoisotopic (exact) mass is 431 g/mol. The predicted octanol–water partition coefficient (Wildman–Crippen LogP) is 1.86. The first-order valence-electron chi connectivity index (χ1n) is 10.7. The summed E-state index contributed by atoms with van der Waals surface area (Å²) in [5, 5.41) is 0.550. The molecule has 162 valence electrons. The number of amides is 1. The fraction of sp³-hybridized carbons (Fsp3) is 0.950. The Kier molecular flexibility index (Phi) is 22.4. The van der Waals surface area contributed by atoms with Crippen LogP contribution in [-0.2, 0) is 14.9 Å². The summed E-state index contributed by atoms with van der Waals surface area (Å²) in [6.07, 6.45) is 16.5. The van der Waals surface area contributed by atoms with Crippen molar-refractivity contribution in [2.75, 3.05) is 13.2 Å². The summed E-state index contributed by atoms with van der Waals surface area (Å²) in [6, 6.07) is 0. The van der Waals surface area contributed by atoms with Crippen molar-refractivity contribution < 1.29 is 51.7 Å². The minimum Gasteiger partial charge on any atom is -0.747 e. The Morgan fingerprint density at radius 1 is 0.857 bits per heavy atom. The molecule has 0 saturated heterocycles. The zero-order valence-electron chi connectivity index (χ0n) is 18.0. The van der Waals surface area contributed by atoms with Crippen LogP contribution in [0.5, 0.6) is 0 Å². The molecular formula is C20H39FNNaO4S. The molecule has 0 aliphatic rings. The van der Waals surface area contributed by atoms with Crippen LogP contribution in [0.15, 0.2) is 0 Å². The van der Waals surface area contributed by atoms with E-state index < -0.39 is 27.9 Å². The maximum atomic E-state index is 12.1. The van der Waals surface area contributed by atoms with Gasteiger partial charge in [0, 0.05) is 6.54 Å². The van der Waals surface area contributed by atoms with Gasteiger partial charge >= 0.3 is 29.6 Å². The molecule has 1 unspecified atom stereocenters. The average molecular weight is 432 g/mol. The number of unbranched alkanes of at least 4 members (excludes halogenated alkanes) is 13. The molecule has 0 saturated carbocycles. The van der Waals surface area contributed by atoms with E-state index in [9.17, 15) is 22.2 Å². The topological polar surface area (TPSA) is 86.3 Å². The molecule has 0 fully saturated rings. The molecule has 0 aromatic rings. The normalized spacial score (nSPS) is 12.4. The number of rotatable bonds is 19. The first-order valence-corrected chi connectivity index (χ1v) is 12.2. The van der Waals surface area contributed by atoms with Crippen LogP contribution in [0.1, 0.15) is 103 Å². The molecule has 28 heavy (non-hydrogen) atoms. The molecule has 0 heterocycles. The van der Waals surface area contributed by atoms with Crippen LogP contribution >= 0.6 is 0 Å². The van der Waals surface area contributed by atoms with Crippen LogP contribution in [0.25, 0.3) is 0 Å². The third-order valence-electron chi connectivity index (χ3n) is 4.85. The Bertz CT molecular complexity index is 463. The van der Waals surface area contributed by atoms with Gasteiger partial charge in [0.25, 0.3) is 0 Å². The van der Waals surface area contributed by atoms with Crippen LogP contribution in [0, 0.1) is 0 Å². The number of hydrogen-bond acceptors (Lipinski definition) is 4. The summed E-state index contributed by atoms with van der Waals surface area (Å²) in [5.41, 5.74) is 0. The molecule has 0 rings (SSSR count). The second-order valence-electron chi connectivity index (χ2n) is 7.35. The Morgan fingerprint density at radius 2 is 1.25 bits per heavy atom. The van der Waals surface area contributed by atoms with Crippen molar-refractivity contribution in [3.8, 4) is 0 Å². The SMILES string of the molecule is CCCCCCCCCCCCCCCCC(C(=O)NCCF)S(=O)(=O)[O-].[Na+]. The molecule has 5 nitrogen and oxygen atoms in total. The molecule has 0 aliphatic carbocycles. The molecule has 1 N–H and O–H groups in total. The molecule has 0 bridgehead atoms. The summed E-state index contributed by atoms with van der Waals surface area (Å²) in [4.78, 5) is 11.7. The van der Waals surface area contributed by atoms with Crippen LogP contribution < -0.4 is 34.9 Å².